The maximum atomic E-state index is 13.1. The predicted molar refractivity (Wildman–Crippen MR) is 119 cm³/mol. The van der Waals surface area contributed by atoms with E-state index >= 15 is 0 Å². The summed E-state index contributed by atoms with van der Waals surface area (Å²) in [6.45, 7) is 7.80. The van der Waals surface area contributed by atoms with Gasteiger partial charge < -0.3 is 24.8 Å². The third-order valence-corrected chi connectivity index (χ3v) is 5.69. The molecule has 8 nitrogen and oxygen atoms in total. The molecule has 0 fully saturated rings. The van der Waals surface area contributed by atoms with Gasteiger partial charge >= 0.3 is 0 Å². The zero-order valence-electron chi connectivity index (χ0n) is 17.7. The minimum atomic E-state index is -0.421. The average molecular weight is 410 g/mol. The van der Waals surface area contributed by atoms with Gasteiger partial charge in [-0.2, -0.15) is 0 Å². The molecule has 2 aromatic heterocycles. The first kappa shape index (κ1) is 20.0. The number of pyridine rings is 1. The van der Waals surface area contributed by atoms with Crippen molar-refractivity contribution in [2.75, 3.05) is 45.7 Å². The van der Waals surface area contributed by atoms with Crippen LogP contribution in [0.25, 0.3) is 27.3 Å². The lowest BCUT2D eigenvalue weighted by atomic mass is 10.1. The molecular weight excluding hydrogens is 384 g/mol. The third-order valence-electron chi connectivity index (χ3n) is 5.69. The van der Waals surface area contributed by atoms with Gasteiger partial charge in [-0.3, -0.25) is 9.20 Å². The van der Waals surface area contributed by atoms with Crippen molar-refractivity contribution in [2.45, 2.75) is 13.8 Å². The number of anilines is 1. The van der Waals surface area contributed by atoms with Gasteiger partial charge in [0.1, 0.15) is 12.1 Å². The lowest BCUT2D eigenvalue weighted by Crippen LogP contribution is -2.28. The van der Waals surface area contributed by atoms with Gasteiger partial charge in [0.25, 0.3) is 0 Å². The first-order chi connectivity index (χ1) is 14.5. The number of nitrogens with zero attached hydrogens (tertiary/aromatic N) is 3. The molecule has 0 unspecified atom stereocenters. The smallest absolute Gasteiger partial charge is 0.237 e. The van der Waals surface area contributed by atoms with Crippen LogP contribution in [-0.4, -0.2) is 59.8 Å². The SMILES string of the molecule is CCN(CC)CCNc1ccc2ncn3c4cc(OC)c(OC)c(=O)c4c(O)c1c23. The number of likely N-dealkylation sites (N-methyl/N-ethyl adjacent to an activating group) is 1. The number of benzene rings is 2. The van der Waals surface area contributed by atoms with Crippen LogP contribution >= 0.6 is 0 Å². The van der Waals surface area contributed by atoms with Crippen molar-refractivity contribution in [2.24, 2.45) is 0 Å². The Bertz CT molecular complexity index is 1260. The lowest BCUT2D eigenvalue weighted by molar-refractivity contribution is 0.316. The van der Waals surface area contributed by atoms with E-state index in [0.29, 0.717) is 23.2 Å². The highest BCUT2D eigenvalue weighted by Crippen LogP contribution is 2.41. The van der Waals surface area contributed by atoms with Crippen molar-refractivity contribution < 1.29 is 14.6 Å². The van der Waals surface area contributed by atoms with Gasteiger partial charge in [0, 0.05) is 24.8 Å². The Labute approximate surface area is 174 Å². The summed E-state index contributed by atoms with van der Waals surface area (Å²) < 4.78 is 12.4. The molecule has 0 spiro atoms. The summed E-state index contributed by atoms with van der Waals surface area (Å²) in [5.41, 5.74) is 2.34. The summed E-state index contributed by atoms with van der Waals surface area (Å²) in [7, 11) is 2.89. The lowest BCUT2D eigenvalue weighted by Gasteiger charge is -2.19. The standard InChI is InChI=1S/C22H26N4O4/c1-5-25(6-2)10-9-23-13-7-8-14-19-17(13)20(27)18-15(26(19)12-24-14)11-16(29-3)22(30-4)21(18)28/h7-8,11-12,23,27H,5-6,9-10H2,1-4H3. The van der Waals surface area contributed by atoms with E-state index in [0.717, 1.165) is 36.4 Å². The summed E-state index contributed by atoms with van der Waals surface area (Å²) in [6.07, 6.45) is 1.66. The number of hydrogen-bond donors (Lipinski definition) is 2. The molecule has 0 atom stereocenters. The van der Waals surface area contributed by atoms with Crippen LogP contribution in [0, 0.1) is 0 Å². The second-order valence-corrected chi connectivity index (χ2v) is 7.11. The minimum absolute atomic E-state index is 0.0644. The quantitative estimate of drug-likeness (QED) is 0.432. The summed E-state index contributed by atoms with van der Waals surface area (Å²) in [5, 5.41) is 15.4. The number of aromatic hydroxyl groups is 1. The van der Waals surface area contributed by atoms with E-state index in [9.17, 15) is 9.90 Å². The van der Waals surface area contributed by atoms with Gasteiger partial charge in [0.15, 0.2) is 5.75 Å². The predicted octanol–water partition coefficient (Wildman–Crippen LogP) is 2.92. The van der Waals surface area contributed by atoms with E-state index in [-0.39, 0.29) is 16.9 Å². The first-order valence-corrected chi connectivity index (χ1v) is 10.0. The largest absolute Gasteiger partial charge is 0.506 e. The number of fused-ring (bicyclic) bond motifs is 2. The Morgan fingerprint density at radius 1 is 1.17 bits per heavy atom. The fourth-order valence-corrected chi connectivity index (χ4v) is 4.06. The van der Waals surface area contributed by atoms with Crippen molar-refractivity contribution in [3.63, 3.8) is 0 Å². The van der Waals surface area contributed by atoms with Crippen LogP contribution in [0.15, 0.2) is 29.3 Å². The monoisotopic (exact) mass is 410 g/mol. The van der Waals surface area contributed by atoms with Crippen LogP contribution in [0.1, 0.15) is 13.8 Å². The Morgan fingerprint density at radius 2 is 1.93 bits per heavy atom. The molecule has 2 heterocycles. The number of nitrogens with one attached hydrogen (secondary N) is 1. The molecule has 0 aliphatic heterocycles. The highest BCUT2D eigenvalue weighted by molar-refractivity contribution is 6.12. The maximum absolute atomic E-state index is 13.1. The normalized spacial score (nSPS) is 11.8. The molecule has 0 amide bonds. The van der Waals surface area contributed by atoms with Gasteiger partial charge in [-0.15, -0.1) is 0 Å². The second kappa shape index (κ2) is 7.87. The van der Waals surface area contributed by atoms with E-state index in [2.05, 4.69) is 29.0 Å². The molecule has 8 heteroatoms. The molecule has 4 aromatic rings. The number of methoxy groups -OCH3 is 2. The Balaban J connectivity index is 1.96. The second-order valence-electron chi connectivity index (χ2n) is 7.11. The molecule has 2 N–H and O–H groups in total. The van der Waals surface area contributed by atoms with Crippen LogP contribution in [0.2, 0.25) is 0 Å². The molecule has 0 aliphatic rings. The molecule has 30 heavy (non-hydrogen) atoms. The zero-order valence-corrected chi connectivity index (χ0v) is 17.7. The van der Waals surface area contributed by atoms with Crippen LogP contribution < -0.4 is 20.2 Å². The third kappa shape index (κ3) is 2.95. The van der Waals surface area contributed by atoms with Crippen LogP contribution in [-0.2, 0) is 0 Å². The number of ether oxygens (including phenoxy) is 2. The summed E-state index contributed by atoms with van der Waals surface area (Å²) in [4.78, 5) is 19.9. The first-order valence-electron chi connectivity index (χ1n) is 10.0. The van der Waals surface area contributed by atoms with Gasteiger partial charge in [-0.25, -0.2) is 4.98 Å². The molecular formula is C22H26N4O4. The highest BCUT2D eigenvalue weighted by atomic mass is 16.5. The maximum Gasteiger partial charge on any atom is 0.237 e. The average Bonchev–Trinajstić information content (AvgIpc) is 3.19. The Morgan fingerprint density at radius 3 is 2.60 bits per heavy atom. The van der Waals surface area contributed by atoms with Crippen molar-refractivity contribution in [3.8, 4) is 17.2 Å². The van der Waals surface area contributed by atoms with E-state index in [4.69, 9.17) is 9.47 Å². The Kier molecular flexibility index (Phi) is 5.26. The van der Waals surface area contributed by atoms with Gasteiger partial charge in [-0.1, -0.05) is 13.8 Å². The van der Waals surface area contributed by atoms with Gasteiger partial charge in [0.05, 0.1) is 41.5 Å². The number of rotatable bonds is 8. The van der Waals surface area contributed by atoms with E-state index < -0.39 is 5.43 Å². The van der Waals surface area contributed by atoms with Crippen LogP contribution in [0.5, 0.6) is 17.2 Å². The molecule has 0 bridgehead atoms. The van der Waals surface area contributed by atoms with Gasteiger partial charge in [-0.05, 0) is 25.2 Å². The zero-order chi connectivity index (χ0) is 21.4. The fourth-order valence-electron chi connectivity index (χ4n) is 4.06. The molecule has 4 rings (SSSR count). The van der Waals surface area contributed by atoms with E-state index in [1.165, 1.54) is 14.2 Å². The minimum Gasteiger partial charge on any atom is -0.506 e. The van der Waals surface area contributed by atoms with Crippen molar-refractivity contribution >= 4 is 33.0 Å². The fraction of sp³-hybridized carbons (Fsp3) is 0.364. The molecule has 0 saturated heterocycles. The van der Waals surface area contributed by atoms with Crippen molar-refractivity contribution in [1.29, 1.82) is 0 Å². The molecule has 2 aromatic carbocycles. The number of hydrogen-bond acceptors (Lipinski definition) is 7. The number of aromatic nitrogens is 2. The van der Waals surface area contributed by atoms with Crippen LogP contribution in [0.4, 0.5) is 5.69 Å². The Hall–Kier alpha value is -3.26. The molecule has 0 aliphatic carbocycles. The van der Waals surface area contributed by atoms with Crippen molar-refractivity contribution in [1.82, 2.24) is 14.3 Å². The van der Waals surface area contributed by atoms with Crippen LogP contribution in [0.3, 0.4) is 0 Å². The van der Waals surface area contributed by atoms with E-state index in [1.807, 2.05) is 16.5 Å². The molecule has 158 valence electrons. The highest BCUT2D eigenvalue weighted by Gasteiger charge is 2.23. The summed E-state index contributed by atoms with van der Waals surface area (Å²) in [5.74, 6) is 0.294. The van der Waals surface area contributed by atoms with E-state index in [1.54, 1.807) is 12.4 Å². The van der Waals surface area contributed by atoms with Gasteiger partial charge in [0.2, 0.25) is 11.2 Å². The topological polar surface area (TPSA) is 88.3 Å². The summed E-state index contributed by atoms with van der Waals surface area (Å²) in [6, 6.07) is 5.49. The summed E-state index contributed by atoms with van der Waals surface area (Å²) >= 11 is 0. The molecule has 0 radical (unpaired) electrons. The molecule has 0 saturated carbocycles. The van der Waals surface area contributed by atoms with Crippen molar-refractivity contribution in [3.05, 3.63) is 34.7 Å². The number of imidazole rings is 1.